The van der Waals surface area contributed by atoms with E-state index in [1.807, 2.05) is 0 Å². The Kier molecular flexibility index (Phi) is 3.66. The highest BCUT2D eigenvalue weighted by Gasteiger charge is 2.25. The molecule has 2 aromatic rings. The van der Waals surface area contributed by atoms with Crippen molar-refractivity contribution in [2.75, 3.05) is 5.75 Å². The number of thioether (sulfide) groups is 1. The molecule has 3 rings (SSSR count). The lowest BCUT2D eigenvalue weighted by Crippen LogP contribution is -2.14. The number of benzene rings is 1. The summed E-state index contributed by atoms with van der Waals surface area (Å²) >= 11 is 3.30. The molecule has 3 nitrogen and oxygen atoms in total. The summed E-state index contributed by atoms with van der Waals surface area (Å²) in [5.41, 5.74) is 2.46. The van der Waals surface area contributed by atoms with Gasteiger partial charge in [-0.15, -0.1) is 23.1 Å². The zero-order valence-corrected chi connectivity index (χ0v) is 14.3. The van der Waals surface area contributed by atoms with Gasteiger partial charge in [-0.25, -0.2) is 4.98 Å². The molecule has 0 bridgehead atoms. The summed E-state index contributed by atoms with van der Waals surface area (Å²) in [6, 6.07) is 6.26. The molecule has 1 aromatic carbocycles. The van der Waals surface area contributed by atoms with Crippen LogP contribution in [0.1, 0.15) is 38.3 Å². The minimum absolute atomic E-state index is 0.133. The number of aromatic nitrogens is 1. The van der Waals surface area contributed by atoms with Gasteiger partial charge in [0, 0.05) is 5.75 Å². The van der Waals surface area contributed by atoms with Gasteiger partial charge in [0.05, 0.1) is 10.2 Å². The molecular weight excluding hydrogens is 300 g/mol. The van der Waals surface area contributed by atoms with Gasteiger partial charge in [-0.1, -0.05) is 26.8 Å². The fourth-order valence-corrected chi connectivity index (χ4v) is 4.38. The van der Waals surface area contributed by atoms with Crippen LogP contribution in [0.2, 0.25) is 0 Å². The van der Waals surface area contributed by atoms with Crippen molar-refractivity contribution in [3.8, 4) is 0 Å². The molecule has 1 atom stereocenters. The summed E-state index contributed by atoms with van der Waals surface area (Å²) in [4.78, 5) is 20.6. The summed E-state index contributed by atoms with van der Waals surface area (Å²) in [7, 11) is 0. The molecule has 0 spiro atoms. The van der Waals surface area contributed by atoms with Crippen molar-refractivity contribution in [1.29, 1.82) is 0 Å². The number of ketones is 1. The van der Waals surface area contributed by atoms with Gasteiger partial charge >= 0.3 is 0 Å². The molecule has 1 aliphatic heterocycles. The molecule has 0 unspecified atom stereocenters. The van der Waals surface area contributed by atoms with E-state index in [-0.39, 0.29) is 17.2 Å². The highest BCUT2D eigenvalue weighted by Crippen LogP contribution is 2.32. The zero-order chi connectivity index (χ0) is 15.2. The van der Waals surface area contributed by atoms with Gasteiger partial charge in [0.15, 0.2) is 5.78 Å². The number of aliphatic imine (C=N–C) groups is 1. The van der Waals surface area contributed by atoms with Crippen molar-refractivity contribution < 1.29 is 4.79 Å². The lowest BCUT2D eigenvalue weighted by molar-refractivity contribution is -0.117. The van der Waals surface area contributed by atoms with Crippen molar-refractivity contribution in [3.63, 3.8) is 0 Å². The molecule has 21 heavy (non-hydrogen) atoms. The van der Waals surface area contributed by atoms with Gasteiger partial charge in [-0.3, -0.25) is 9.79 Å². The number of thiazole rings is 1. The van der Waals surface area contributed by atoms with Gasteiger partial charge in [-0.05, 0) is 30.0 Å². The number of nitrogens with zero attached hydrogens (tertiary/aromatic N) is 2. The number of Topliss-reactive ketones (excluding diaryl/α,β-unsaturated/α-hetero) is 1. The molecule has 0 radical (unpaired) electrons. The van der Waals surface area contributed by atoms with Crippen LogP contribution in [0, 0.1) is 0 Å². The lowest BCUT2D eigenvalue weighted by atomic mass is 9.87. The van der Waals surface area contributed by atoms with Crippen LogP contribution in [0.4, 0.5) is 0 Å². The number of rotatable bonds is 2. The topological polar surface area (TPSA) is 42.3 Å². The average molecular weight is 318 g/mol. The maximum absolute atomic E-state index is 11.4. The van der Waals surface area contributed by atoms with Crippen molar-refractivity contribution in [2.45, 2.75) is 39.2 Å². The maximum Gasteiger partial charge on any atom is 0.155 e. The SMILES string of the molecule is CC(=O)[C@H]1CSC(c2nc3ccc(C(C)(C)C)cc3s2)=N1. The third-order valence-electron chi connectivity index (χ3n) is 3.56. The Morgan fingerprint density at radius 1 is 1.33 bits per heavy atom. The van der Waals surface area contributed by atoms with Crippen LogP contribution in [-0.2, 0) is 10.2 Å². The van der Waals surface area contributed by atoms with Gasteiger partial charge in [0.25, 0.3) is 0 Å². The quantitative estimate of drug-likeness (QED) is 0.839. The van der Waals surface area contributed by atoms with E-state index in [1.54, 1.807) is 30.0 Å². The highest BCUT2D eigenvalue weighted by molar-refractivity contribution is 8.15. The summed E-state index contributed by atoms with van der Waals surface area (Å²) in [5, 5.41) is 1.85. The molecule has 0 fully saturated rings. The van der Waals surface area contributed by atoms with Crippen molar-refractivity contribution >= 4 is 44.1 Å². The fourth-order valence-electron chi connectivity index (χ4n) is 2.18. The molecule has 1 aromatic heterocycles. The standard InChI is InChI=1S/C16H18N2OS2/c1-9(19)12-8-20-14(18-12)15-17-11-6-5-10(16(2,3)4)7-13(11)21-15/h5-7,12H,8H2,1-4H3/t12-/m1/s1. The lowest BCUT2D eigenvalue weighted by Gasteiger charge is -2.18. The van der Waals surface area contributed by atoms with Gasteiger partial charge in [0.1, 0.15) is 16.1 Å². The predicted molar refractivity (Wildman–Crippen MR) is 91.8 cm³/mol. The van der Waals surface area contributed by atoms with Crippen LogP contribution >= 0.6 is 23.1 Å². The number of carbonyl (C=O) groups is 1. The van der Waals surface area contributed by atoms with Crippen molar-refractivity contribution in [2.24, 2.45) is 4.99 Å². The molecule has 0 saturated heterocycles. The summed E-state index contributed by atoms with van der Waals surface area (Å²) < 4.78 is 1.19. The molecule has 0 amide bonds. The second-order valence-corrected chi connectivity index (χ2v) is 8.36. The Bertz CT molecular complexity index is 740. The van der Waals surface area contributed by atoms with E-state index in [9.17, 15) is 4.79 Å². The monoisotopic (exact) mass is 318 g/mol. The van der Waals surface area contributed by atoms with Crippen LogP contribution < -0.4 is 0 Å². The Balaban J connectivity index is 1.99. The third-order valence-corrected chi connectivity index (χ3v) is 5.77. The van der Waals surface area contributed by atoms with Crippen molar-refractivity contribution in [1.82, 2.24) is 4.98 Å². The molecule has 1 aliphatic rings. The Morgan fingerprint density at radius 3 is 2.71 bits per heavy atom. The normalized spacial score (nSPS) is 19.0. The van der Waals surface area contributed by atoms with Crippen LogP contribution in [0.25, 0.3) is 10.2 Å². The van der Waals surface area contributed by atoms with E-state index in [4.69, 9.17) is 0 Å². The number of fused-ring (bicyclic) bond motifs is 1. The second kappa shape index (κ2) is 5.21. The minimum Gasteiger partial charge on any atom is -0.298 e. The van der Waals surface area contributed by atoms with E-state index in [0.29, 0.717) is 0 Å². The molecule has 0 N–H and O–H groups in total. The summed E-state index contributed by atoms with van der Waals surface area (Å²) in [6.45, 7) is 8.24. The minimum atomic E-state index is -0.192. The first-order valence-corrected chi connectivity index (χ1v) is 8.77. The molecule has 0 aliphatic carbocycles. The van der Waals surface area contributed by atoms with Crippen LogP contribution in [-0.4, -0.2) is 27.6 Å². The van der Waals surface area contributed by atoms with Crippen LogP contribution in [0.15, 0.2) is 23.2 Å². The Labute approximate surface area is 132 Å². The first kappa shape index (κ1) is 14.7. The summed E-state index contributed by atoms with van der Waals surface area (Å²) in [6.07, 6.45) is 0. The zero-order valence-electron chi connectivity index (χ0n) is 12.6. The van der Waals surface area contributed by atoms with Crippen LogP contribution in [0.5, 0.6) is 0 Å². The van der Waals surface area contributed by atoms with Gasteiger partial charge in [-0.2, -0.15) is 0 Å². The number of hydrogen-bond acceptors (Lipinski definition) is 5. The van der Waals surface area contributed by atoms with Crippen LogP contribution in [0.3, 0.4) is 0 Å². The Hall–Kier alpha value is -1.20. The van der Waals surface area contributed by atoms with E-state index < -0.39 is 0 Å². The largest absolute Gasteiger partial charge is 0.298 e. The molecular formula is C16H18N2OS2. The maximum atomic E-state index is 11.4. The molecule has 110 valence electrons. The summed E-state index contributed by atoms with van der Waals surface area (Å²) in [5.74, 6) is 0.877. The second-order valence-electron chi connectivity index (χ2n) is 6.32. The number of hydrogen-bond donors (Lipinski definition) is 0. The first-order chi connectivity index (χ1) is 9.84. The van der Waals surface area contributed by atoms with E-state index in [1.165, 1.54) is 10.3 Å². The van der Waals surface area contributed by atoms with Gasteiger partial charge < -0.3 is 0 Å². The van der Waals surface area contributed by atoms with E-state index in [0.717, 1.165) is 21.3 Å². The fraction of sp³-hybridized carbons (Fsp3) is 0.438. The smallest absolute Gasteiger partial charge is 0.155 e. The highest BCUT2D eigenvalue weighted by atomic mass is 32.2. The predicted octanol–water partition coefficient (Wildman–Crippen LogP) is 4.04. The average Bonchev–Trinajstić information content (AvgIpc) is 3.03. The molecule has 2 heterocycles. The van der Waals surface area contributed by atoms with Crippen molar-refractivity contribution in [3.05, 3.63) is 28.8 Å². The first-order valence-electron chi connectivity index (χ1n) is 6.97. The van der Waals surface area contributed by atoms with E-state index in [2.05, 4.69) is 48.9 Å². The number of carbonyl (C=O) groups excluding carboxylic acids is 1. The Morgan fingerprint density at radius 2 is 2.10 bits per heavy atom. The third kappa shape index (κ3) is 2.90. The molecule has 5 heteroatoms. The van der Waals surface area contributed by atoms with Gasteiger partial charge in [0.2, 0.25) is 0 Å². The molecule has 0 saturated carbocycles. The van der Waals surface area contributed by atoms with E-state index >= 15 is 0 Å².